The fourth-order valence-electron chi connectivity index (χ4n) is 5.91. The molecule has 2 aromatic rings. The van der Waals surface area contributed by atoms with Crippen LogP contribution in [-0.2, 0) is 41.5 Å². The molecule has 4 N–H and O–H groups in total. The molecule has 3 saturated heterocycles. The second-order valence-corrected chi connectivity index (χ2v) is 17.4. The summed E-state index contributed by atoms with van der Waals surface area (Å²) in [6.45, 7) is -7.84. The molecule has 3 fully saturated rings. The molecule has 23 heteroatoms. The number of hydrogen-bond acceptors (Lipinski definition) is 18. The van der Waals surface area contributed by atoms with Crippen LogP contribution in [0, 0.1) is 5.92 Å². The number of nitrogen functional groups attached to an aromatic ring is 1. The molecule has 4 unspecified atom stereocenters. The number of aliphatic hydroxyl groups is 1. The van der Waals surface area contributed by atoms with Gasteiger partial charge in [-0.2, -0.15) is 4.37 Å². The smallest absolute Gasteiger partial charge is 0.386 e. The minimum Gasteiger partial charge on any atom is -0.396 e. The standard InChI is InChI=1S/C22H28N8O10P2S3/c1-8-27-20-16(21(32)28-8)26-7-30(20)22-17-9(3-31)12(38-22)4-35-41(33,43)39-10-2-11(37-13(10)5-36-42(34,44)40-17)18-14-15(29-45-18)19(23)25-6-24-14/h6-7,9-13,16-17,20,22,31H,2-5H2,1H3,(H,33,43)(H,34,44)(H2,23,24,25)(H,27,28,32)/t9-,10+,11-,12-,13-,16?,17-,20?,22-,41?,42?/m1/s1. The van der Waals surface area contributed by atoms with Crippen molar-refractivity contribution in [3.05, 3.63) is 11.2 Å². The number of nitrogens with two attached hydrogens (primary N) is 1. The first-order chi connectivity index (χ1) is 21.4. The lowest BCUT2D eigenvalue weighted by atomic mass is 9.99. The first-order valence-electron chi connectivity index (χ1n) is 13.7. The Morgan fingerprint density at radius 1 is 1.11 bits per heavy atom. The number of nitrogens with zero attached hydrogens (tertiary/aromatic N) is 6. The van der Waals surface area contributed by atoms with Crippen LogP contribution < -0.4 is 11.1 Å². The highest BCUT2D eigenvalue weighted by atomic mass is 32.7. The van der Waals surface area contributed by atoms with Crippen molar-refractivity contribution < 1.29 is 46.6 Å². The zero-order chi connectivity index (χ0) is 31.7. The minimum atomic E-state index is -4.19. The Labute approximate surface area is 270 Å². The van der Waals surface area contributed by atoms with Gasteiger partial charge in [0.15, 0.2) is 24.3 Å². The lowest BCUT2D eigenvalue weighted by Gasteiger charge is -2.35. The third-order valence-electron chi connectivity index (χ3n) is 7.99. The number of thiol groups is 2. The van der Waals surface area contributed by atoms with Gasteiger partial charge in [0.1, 0.15) is 35.4 Å². The molecule has 2 bridgehead atoms. The van der Waals surface area contributed by atoms with E-state index < -0.39 is 75.1 Å². The number of amidine groups is 1. The van der Waals surface area contributed by atoms with Gasteiger partial charge in [0.05, 0.1) is 49.3 Å². The van der Waals surface area contributed by atoms with Crippen molar-refractivity contribution in [1.82, 2.24) is 24.6 Å². The average Bonchev–Trinajstić information content (AvgIpc) is 3.74. The summed E-state index contributed by atoms with van der Waals surface area (Å²) in [5.41, 5.74) is 6.86. The summed E-state index contributed by atoms with van der Waals surface area (Å²) in [7, 11) is 0. The van der Waals surface area contributed by atoms with Gasteiger partial charge in [-0.25, -0.2) is 24.1 Å². The summed E-state index contributed by atoms with van der Waals surface area (Å²) in [5, 5.41) is 13.0. The van der Waals surface area contributed by atoms with Gasteiger partial charge in [-0.05, 0) is 18.5 Å². The predicted molar refractivity (Wildman–Crippen MR) is 165 cm³/mol. The van der Waals surface area contributed by atoms with Crippen LogP contribution in [0.15, 0.2) is 16.3 Å². The number of carbonyl (C=O) groups is 1. The lowest BCUT2D eigenvalue weighted by Crippen LogP contribution is -2.55. The number of carbonyl (C=O) groups excluding carboxylic acids is 1. The third kappa shape index (κ3) is 6.07. The number of aliphatic hydroxyl groups excluding tert-OH is 1. The fraction of sp³-hybridized carbons (Fsp3) is 0.636. The molecular formula is C22H28N8O10P2S3. The number of rotatable bonds is 3. The Morgan fingerprint density at radius 2 is 1.87 bits per heavy atom. The van der Waals surface area contributed by atoms with E-state index in [0.717, 1.165) is 11.5 Å². The van der Waals surface area contributed by atoms with E-state index in [1.807, 2.05) is 0 Å². The van der Waals surface area contributed by atoms with Gasteiger partial charge < -0.3 is 30.5 Å². The SMILES string of the molecule is CC1=NC2C(N=CN2[C@@H]2O[C@@H]3COP(=O)(S)O[C@H]4C[C@H](c5snc6c(N)ncnc56)O[C@@H]4COP(=O)(S)O[C@@H]2[C@@H]3CO)C(=O)N1. The normalized spacial score (nSPS) is 42.0. The van der Waals surface area contributed by atoms with Crippen LogP contribution in [0.5, 0.6) is 0 Å². The molecule has 5 aliphatic heterocycles. The van der Waals surface area contributed by atoms with Gasteiger partial charge >= 0.3 is 13.6 Å². The van der Waals surface area contributed by atoms with Gasteiger partial charge in [-0.3, -0.25) is 27.9 Å². The topological polar surface area (TPSA) is 231 Å². The van der Waals surface area contributed by atoms with Crippen LogP contribution in [-0.4, -0.2) is 105 Å². The highest BCUT2D eigenvalue weighted by Crippen LogP contribution is 2.60. The van der Waals surface area contributed by atoms with E-state index in [-0.39, 0.29) is 31.4 Å². The van der Waals surface area contributed by atoms with Crippen molar-refractivity contribution in [2.75, 3.05) is 25.6 Å². The molecule has 0 saturated carbocycles. The highest BCUT2D eigenvalue weighted by Gasteiger charge is 2.55. The lowest BCUT2D eigenvalue weighted by molar-refractivity contribution is -0.124. The first-order valence-corrected chi connectivity index (χ1v) is 19.8. The van der Waals surface area contributed by atoms with Crippen LogP contribution in [0.2, 0.25) is 0 Å². The maximum atomic E-state index is 13.7. The Morgan fingerprint density at radius 3 is 2.64 bits per heavy atom. The molecule has 2 aromatic heterocycles. The largest absolute Gasteiger partial charge is 0.396 e. The van der Waals surface area contributed by atoms with Crippen molar-refractivity contribution in [3.63, 3.8) is 0 Å². The first kappa shape index (κ1) is 31.8. The van der Waals surface area contributed by atoms with Crippen LogP contribution in [0.1, 0.15) is 24.3 Å². The Hall–Kier alpha value is -1.74. The van der Waals surface area contributed by atoms with Gasteiger partial charge in [-0.1, -0.05) is 24.5 Å². The molecular weight excluding hydrogens is 694 g/mol. The molecule has 45 heavy (non-hydrogen) atoms. The number of ether oxygens (including phenoxy) is 2. The van der Waals surface area contributed by atoms with E-state index in [1.165, 1.54) is 17.6 Å². The van der Waals surface area contributed by atoms with Crippen molar-refractivity contribution in [2.24, 2.45) is 15.9 Å². The van der Waals surface area contributed by atoms with E-state index in [1.54, 1.807) is 6.92 Å². The zero-order valence-electron chi connectivity index (χ0n) is 23.3. The highest BCUT2D eigenvalue weighted by molar-refractivity contribution is 8.44. The number of hydrogen-bond donors (Lipinski definition) is 5. The summed E-state index contributed by atoms with van der Waals surface area (Å²) in [4.78, 5) is 31.7. The Bertz CT molecular complexity index is 1670. The fourth-order valence-corrected chi connectivity index (χ4v) is 9.80. The molecule has 7 rings (SSSR count). The molecule has 11 atom stereocenters. The molecule has 5 aliphatic rings. The third-order valence-corrected chi connectivity index (χ3v) is 12.2. The maximum Gasteiger partial charge on any atom is 0.386 e. The van der Waals surface area contributed by atoms with E-state index in [4.69, 9.17) is 33.3 Å². The van der Waals surface area contributed by atoms with Crippen molar-refractivity contribution in [3.8, 4) is 0 Å². The molecule has 18 nitrogen and oxygen atoms in total. The predicted octanol–water partition coefficient (Wildman–Crippen LogP) is 1.31. The van der Waals surface area contributed by atoms with Gasteiger partial charge in [-0.15, -0.1) is 0 Å². The van der Waals surface area contributed by atoms with Crippen LogP contribution >= 0.6 is 49.6 Å². The van der Waals surface area contributed by atoms with Gasteiger partial charge in [0.25, 0.3) is 5.91 Å². The molecule has 0 spiro atoms. The monoisotopic (exact) mass is 722 g/mol. The van der Waals surface area contributed by atoms with Crippen molar-refractivity contribution in [2.45, 2.75) is 62.3 Å². The number of amides is 1. The van der Waals surface area contributed by atoms with E-state index >= 15 is 0 Å². The molecule has 244 valence electrons. The number of anilines is 1. The van der Waals surface area contributed by atoms with Crippen LogP contribution in [0.4, 0.5) is 5.82 Å². The second-order valence-electron chi connectivity index (χ2n) is 10.8. The number of nitrogens with one attached hydrogen (secondary N) is 1. The summed E-state index contributed by atoms with van der Waals surface area (Å²) < 4.78 is 67.1. The summed E-state index contributed by atoms with van der Waals surface area (Å²) in [6, 6.07) is -0.862. The zero-order valence-corrected chi connectivity index (χ0v) is 27.7. The average molecular weight is 723 g/mol. The number of aromatic nitrogens is 3. The van der Waals surface area contributed by atoms with Gasteiger partial charge in [0, 0.05) is 12.3 Å². The Kier molecular flexibility index (Phi) is 8.53. The Balaban J connectivity index is 1.16. The molecule has 0 aliphatic carbocycles. The van der Waals surface area contributed by atoms with Crippen LogP contribution in [0.3, 0.4) is 0 Å². The molecule has 0 radical (unpaired) electrons. The summed E-state index contributed by atoms with van der Waals surface area (Å²) in [5.74, 6) is -0.636. The second kappa shape index (κ2) is 12.1. The quantitative estimate of drug-likeness (QED) is 0.222. The minimum absolute atomic E-state index is 0.176. The number of aliphatic imine (C=N–C) groups is 2. The van der Waals surface area contributed by atoms with E-state index in [9.17, 15) is 19.0 Å². The molecule has 7 heterocycles. The summed E-state index contributed by atoms with van der Waals surface area (Å²) in [6.07, 6.45) is -3.51. The maximum absolute atomic E-state index is 13.7. The van der Waals surface area contributed by atoms with Crippen molar-refractivity contribution in [1.29, 1.82) is 0 Å². The molecule has 0 aromatic carbocycles. The van der Waals surface area contributed by atoms with Crippen LogP contribution in [0.25, 0.3) is 11.0 Å². The van der Waals surface area contributed by atoms with Crippen molar-refractivity contribution >= 4 is 84.6 Å². The number of fused-ring (bicyclic) bond motifs is 5. The van der Waals surface area contributed by atoms with Gasteiger partial charge in [0.2, 0.25) is 0 Å². The molecule has 1 amide bonds. The van der Waals surface area contributed by atoms with E-state index in [0.29, 0.717) is 21.7 Å². The van der Waals surface area contributed by atoms with E-state index in [2.05, 4.69) is 54.1 Å². The summed E-state index contributed by atoms with van der Waals surface area (Å²) >= 11 is 9.54.